The van der Waals surface area contributed by atoms with Gasteiger partial charge in [-0.15, -0.1) is 0 Å². The summed E-state index contributed by atoms with van der Waals surface area (Å²) in [4.78, 5) is 25.5. The highest BCUT2D eigenvalue weighted by atomic mass is 16.3. The van der Waals surface area contributed by atoms with Gasteiger partial charge in [-0.2, -0.15) is 0 Å². The van der Waals surface area contributed by atoms with E-state index in [0.717, 1.165) is 24.0 Å². The fourth-order valence-electron chi connectivity index (χ4n) is 2.45. The Hall–Kier alpha value is -1.40. The van der Waals surface area contributed by atoms with Crippen LogP contribution < -0.4 is 11.2 Å². The Balaban J connectivity index is 2.30. The molecule has 18 heavy (non-hydrogen) atoms. The Bertz CT molecular complexity index is 546. The van der Waals surface area contributed by atoms with Crippen molar-refractivity contribution >= 4 is 0 Å². The number of aliphatic hydroxyl groups excluding tert-OH is 1. The van der Waals surface area contributed by atoms with E-state index in [1.165, 1.54) is 17.7 Å². The first kappa shape index (κ1) is 13.0. The van der Waals surface area contributed by atoms with Crippen LogP contribution >= 0.6 is 0 Å². The Morgan fingerprint density at radius 1 is 1.33 bits per heavy atom. The van der Waals surface area contributed by atoms with Crippen LogP contribution in [-0.2, 0) is 20.6 Å². The van der Waals surface area contributed by atoms with Crippen LogP contribution in [0.15, 0.2) is 15.7 Å². The van der Waals surface area contributed by atoms with Crippen LogP contribution in [0, 0.1) is 0 Å². The van der Waals surface area contributed by atoms with Gasteiger partial charge in [-0.1, -0.05) is 0 Å². The van der Waals surface area contributed by atoms with Gasteiger partial charge in [-0.05, 0) is 19.4 Å². The van der Waals surface area contributed by atoms with Gasteiger partial charge in [-0.3, -0.25) is 18.8 Å². The lowest BCUT2D eigenvalue weighted by atomic mass is 10.2. The Labute approximate surface area is 105 Å². The predicted octanol–water partition coefficient (Wildman–Crippen LogP) is -0.959. The molecule has 6 nitrogen and oxygen atoms in total. The van der Waals surface area contributed by atoms with Crippen molar-refractivity contribution in [1.82, 2.24) is 14.0 Å². The monoisotopic (exact) mass is 253 g/mol. The van der Waals surface area contributed by atoms with Crippen molar-refractivity contribution in [3.8, 4) is 0 Å². The van der Waals surface area contributed by atoms with Crippen molar-refractivity contribution in [3.05, 3.63) is 32.6 Å². The smallest absolute Gasteiger partial charge is 0.330 e. The van der Waals surface area contributed by atoms with E-state index in [9.17, 15) is 14.7 Å². The maximum absolute atomic E-state index is 11.8. The molecule has 2 heterocycles. The van der Waals surface area contributed by atoms with Crippen molar-refractivity contribution in [2.45, 2.75) is 25.4 Å². The van der Waals surface area contributed by atoms with Crippen LogP contribution in [0.5, 0.6) is 0 Å². The highest BCUT2D eigenvalue weighted by Gasteiger charge is 2.24. The van der Waals surface area contributed by atoms with Crippen LogP contribution in [-0.4, -0.2) is 38.3 Å². The summed E-state index contributed by atoms with van der Waals surface area (Å²) in [5.74, 6) is 0. The van der Waals surface area contributed by atoms with E-state index in [4.69, 9.17) is 0 Å². The number of hydrogen-bond donors (Lipinski definition) is 1. The number of nitrogens with zero attached hydrogens (tertiary/aromatic N) is 3. The molecule has 0 saturated carbocycles. The van der Waals surface area contributed by atoms with E-state index in [1.807, 2.05) is 0 Å². The van der Waals surface area contributed by atoms with Crippen LogP contribution in [0.25, 0.3) is 0 Å². The Kier molecular flexibility index (Phi) is 3.68. The molecular formula is C12H19N3O3. The maximum atomic E-state index is 11.8. The zero-order chi connectivity index (χ0) is 13.3. The van der Waals surface area contributed by atoms with Crippen LogP contribution in [0.1, 0.15) is 18.5 Å². The van der Waals surface area contributed by atoms with Gasteiger partial charge in [0.2, 0.25) is 0 Å². The van der Waals surface area contributed by atoms with Crippen LogP contribution in [0.3, 0.4) is 0 Å². The lowest BCUT2D eigenvalue weighted by Gasteiger charge is -2.23. The molecule has 1 saturated heterocycles. The van der Waals surface area contributed by atoms with Crippen molar-refractivity contribution in [1.29, 1.82) is 0 Å². The average Bonchev–Trinajstić information content (AvgIpc) is 2.80. The number of rotatable bonds is 3. The van der Waals surface area contributed by atoms with Gasteiger partial charge in [-0.25, -0.2) is 4.79 Å². The molecule has 1 aromatic heterocycles. The maximum Gasteiger partial charge on any atom is 0.330 e. The molecule has 1 atom stereocenters. The van der Waals surface area contributed by atoms with Crippen LogP contribution in [0.4, 0.5) is 0 Å². The van der Waals surface area contributed by atoms with Crippen LogP contribution in [0.2, 0.25) is 0 Å². The molecule has 0 amide bonds. The fourth-order valence-corrected chi connectivity index (χ4v) is 2.45. The molecule has 100 valence electrons. The van der Waals surface area contributed by atoms with E-state index in [-0.39, 0.29) is 23.9 Å². The number of aliphatic hydroxyl groups is 1. The van der Waals surface area contributed by atoms with Crippen molar-refractivity contribution in [3.63, 3.8) is 0 Å². The second-order valence-corrected chi connectivity index (χ2v) is 4.82. The molecule has 6 heteroatoms. The molecule has 0 aromatic carbocycles. The fraction of sp³-hybridized carbons (Fsp3) is 0.667. The largest absolute Gasteiger partial charge is 0.395 e. The summed E-state index contributed by atoms with van der Waals surface area (Å²) in [5.41, 5.74) is 0.105. The molecule has 2 rings (SSSR count). The topological polar surface area (TPSA) is 67.5 Å². The molecule has 0 spiro atoms. The van der Waals surface area contributed by atoms with Gasteiger partial charge in [0, 0.05) is 38.4 Å². The summed E-state index contributed by atoms with van der Waals surface area (Å²) >= 11 is 0. The lowest BCUT2D eigenvalue weighted by Crippen LogP contribution is -2.40. The van der Waals surface area contributed by atoms with Gasteiger partial charge in [0.15, 0.2) is 0 Å². The number of hydrogen-bond acceptors (Lipinski definition) is 4. The second kappa shape index (κ2) is 5.07. The summed E-state index contributed by atoms with van der Waals surface area (Å²) < 4.78 is 2.59. The molecule has 1 aliphatic rings. The Morgan fingerprint density at radius 3 is 2.72 bits per heavy atom. The minimum atomic E-state index is -0.308. The zero-order valence-electron chi connectivity index (χ0n) is 10.8. The number of aromatic nitrogens is 2. The highest BCUT2D eigenvalue weighted by molar-refractivity contribution is 5.03. The third kappa shape index (κ3) is 2.26. The quantitative estimate of drug-likeness (QED) is 0.753. The molecule has 0 radical (unpaired) electrons. The molecule has 1 fully saturated rings. The summed E-state index contributed by atoms with van der Waals surface area (Å²) in [5, 5.41) is 9.26. The second-order valence-electron chi connectivity index (χ2n) is 4.82. The standard InChI is InChI=1S/C12H19N3O3/c1-13-10(6-11(17)14(2)12(13)18)7-15-5-3-4-9(15)8-16/h6,9,16H,3-5,7-8H2,1-2H3. The first-order chi connectivity index (χ1) is 8.54. The predicted molar refractivity (Wildman–Crippen MR) is 67.4 cm³/mol. The van der Waals surface area contributed by atoms with Crippen molar-refractivity contribution in [2.75, 3.05) is 13.2 Å². The van der Waals surface area contributed by atoms with Crippen molar-refractivity contribution < 1.29 is 5.11 Å². The lowest BCUT2D eigenvalue weighted by molar-refractivity contribution is 0.151. The summed E-state index contributed by atoms with van der Waals surface area (Å²) in [7, 11) is 3.14. The molecule has 1 unspecified atom stereocenters. The summed E-state index contributed by atoms with van der Waals surface area (Å²) in [6.45, 7) is 1.56. The van der Waals surface area contributed by atoms with E-state index >= 15 is 0 Å². The van der Waals surface area contributed by atoms with E-state index in [1.54, 1.807) is 7.05 Å². The molecule has 1 aliphatic heterocycles. The first-order valence-corrected chi connectivity index (χ1v) is 6.15. The van der Waals surface area contributed by atoms with E-state index < -0.39 is 0 Å². The van der Waals surface area contributed by atoms with Gasteiger partial charge in [0.05, 0.1) is 6.61 Å². The normalized spacial score (nSPS) is 20.5. The van der Waals surface area contributed by atoms with E-state index in [2.05, 4.69) is 4.90 Å². The summed E-state index contributed by atoms with van der Waals surface area (Å²) in [6, 6.07) is 1.64. The molecule has 1 aromatic rings. The average molecular weight is 253 g/mol. The van der Waals surface area contributed by atoms with E-state index in [0.29, 0.717) is 12.2 Å². The first-order valence-electron chi connectivity index (χ1n) is 6.15. The third-order valence-corrected chi connectivity index (χ3v) is 3.70. The molecule has 0 aliphatic carbocycles. The molecular weight excluding hydrogens is 234 g/mol. The SMILES string of the molecule is Cn1c(CN2CCCC2CO)cc(=O)n(C)c1=O. The zero-order valence-corrected chi connectivity index (χ0v) is 10.8. The van der Waals surface area contributed by atoms with Crippen molar-refractivity contribution in [2.24, 2.45) is 14.1 Å². The highest BCUT2D eigenvalue weighted by Crippen LogP contribution is 2.18. The molecule has 1 N–H and O–H groups in total. The van der Waals surface area contributed by atoms with Gasteiger partial charge >= 0.3 is 5.69 Å². The third-order valence-electron chi connectivity index (χ3n) is 3.70. The van der Waals surface area contributed by atoms with Gasteiger partial charge in [0.25, 0.3) is 5.56 Å². The Morgan fingerprint density at radius 2 is 2.06 bits per heavy atom. The minimum Gasteiger partial charge on any atom is -0.395 e. The summed E-state index contributed by atoms with van der Waals surface area (Å²) in [6.07, 6.45) is 2.01. The van der Waals surface area contributed by atoms with Gasteiger partial charge < -0.3 is 5.11 Å². The van der Waals surface area contributed by atoms with Gasteiger partial charge in [0.1, 0.15) is 0 Å². The minimum absolute atomic E-state index is 0.124. The molecule has 0 bridgehead atoms. The number of likely N-dealkylation sites (tertiary alicyclic amines) is 1.